The SMILES string of the molecule is Cc1ccc(N=Nc2c(S(=O)(=O)O)cc3c(S(=O)(=O)O)ccc(N)c3c2O)cc1S(=O)(=O)O. The van der Waals surface area contributed by atoms with Gasteiger partial charge in [-0.05, 0) is 42.8 Å². The van der Waals surface area contributed by atoms with E-state index in [0.29, 0.717) is 6.07 Å². The monoisotopic (exact) mass is 517 g/mol. The Kier molecular flexibility index (Phi) is 5.95. The maximum Gasteiger partial charge on any atom is 0.296 e. The summed E-state index contributed by atoms with van der Waals surface area (Å²) < 4.78 is 98.4. The molecule has 3 aromatic carbocycles. The van der Waals surface area contributed by atoms with E-state index in [9.17, 15) is 44.0 Å². The van der Waals surface area contributed by atoms with Crippen molar-refractivity contribution in [3.05, 3.63) is 42.0 Å². The van der Waals surface area contributed by atoms with Gasteiger partial charge >= 0.3 is 0 Å². The standard InChI is InChI=1S/C17H15N3O10S3/c1-8-2-3-9(6-13(8)32(25,26)27)19-20-16-14(33(28,29)30)7-10-12(31(22,23)24)5-4-11(18)15(10)17(16)21/h2-7,21H,18H2,1H3,(H,22,23,24)(H,25,26,27)(H,28,29,30). The number of nitrogen functional groups attached to an aromatic ring is 1. The van der Waals surface area contributed by atoms with Crippen LogP contribution in [0.15, 0.2) is 61.3 Å². The van der Waals surface area contributed by atoms with E-state index in [1.165, 1.54) is 19.1 Å². The van der Waals surface area contributed by atoms with Crippen molar-refractivity contribution < 1.29 is 44.0 Å². The van der Waals surface area contributed by atoms with Crippen LogP contribution in [0.3, 0.4) is 0 Å². The van der Waals surface area contributed by atoms with Crippen molar-refractivity contribution in [2.75, 3.05) is 5.73 Å². The molecule has 176 valence electrons. The lowest BCUT2D eigenvalue weighted by atomic mass is 10.1. The second kappa shape index (κ2) is 8.01. The van der Waals surface area contributed by atoms with Crippen molar-refractivity contribution in [3.8, 4) is 5.75 Å². The first-order valence-corrected chi connectivity index (χ1v) is 12.9. The van der Waals surface area contributed by atoms with E-state index in [2.05, 4.69) is 10.2 Å². The van der Waals surface area contributed by atoms with Gasteiger partial charge in [0.05, 0.1) is 16.0 Å². The average Bonchev–Trinajstić information content (AvgIpc) is 2.65. The number of benzene rings is 3. The molecule has 0 aliphatic heterocycles. The van der Waals surface area contributed by atoms with Crippen LogP contribution in [-0.2, 0) is 30.4 Å². The van der Waals surface area contributed by atoms with Crippen LogP contribution in [-0.4, -0.2) is 44.0 Å². The molecule has 16 heteroatoms. The highest BCUT2D eigenvalue weighted by Gasteiger charge is 2.26. The highest BCUT2D eigenvalue weighted by Crippen LogP contribution is 2.45. The zero-order valence-corrected chi connectivity index (χ0v) is 18.8. The molecule has 13 nitrogen and oxygen atoms in total. The number of anilines is 1. The van der Waals surface area contributed by atoms with E-state index in [0.717, 1.165) is 18.2 Å². The highest BCUT2D eigenvalue weighted by molar-refractivity contribution is 7.86. The predicted octanol–water partition coefficient (Wildman–Crippen LogP) is 2.59. The number of rotatable bonds is 5. The van der Waals surface area contributed by atoms with Gasteiger partial charge in [-0.15, -0.1) is 5.11 Å². The maximum absolute atomic E-state index is 11.9. The third-order valence-corrected chi connectivity index (χ3v) is 7.25. The Balaban J connectivity index is 2.37. The molecule has 6 N–H and O–H groups in total. The summed E-state index contributed by atoms with van der Waals surface area (Å²) in [4.78, 5) is -2.38. The molecular formula is C17H15N3O10S3. The molecule has 0 saturated heterocycles. The smallest absolute Gasteiger partial charge is 0.296 e. The molecule has 0 aliphatic carbocycles. The van der Waals surface area contributed by atoms with E-state index >= 15 is 0 Å². The lowest BCUT2D eigenvalue weighted by molar-refractivity contribution is 0.471. The van der Waals surface area contributed by atoms with Crippen molar-refractivity contribution in [1.29, 1.82) is 0 Å². The Labute approximate surface area is 187 Å². The number of phenolic OH excluding ortho intramolecular Hbond substituents is 1. The molecule has 0 amide bonds. The van der Waals surface area contributed by atoms with Gasteiger partial charge in [0.15, 0.2) is 5.75 Å². The highest BCUT2D eigenvalue weighted by atomic mass is 32.2. The molecule has 0 radical (unpaired) electrons. The first-order chi connectivity index (χ1) is 15.0. The molecule has 0 fully saturated rings. The van der Waals surface area contributed by atoms with Crippen LogP contribution in [0, 0.1) is 6.92 Å². The number of phenols is 1. The van der Waals surface area contributed by atoms with E-state index in [4.69, 9.17) is 5.73 Å². The zero-order chi connectivity index (χ0) is 24.9. The molecule has 3 aromatic rings. The largest absolute Gasteiger partial charge is 0.505 e. The summed E-state index contributed by atoms with van der Waals surface area (Å²) in [6.45, 7) is 1.39. The van der Waals surface area contributed by atoms with Gasteiger partial charge in [-0.3, -0.25) is 13.7 Å². The van der Waals surface area contributed by atoms with Crippen LogP contribution >= 0.6 is 0 Å². The molecule has 0 bridgehead atoms. The number of azo groups is 1. The fourth-order valence-corrected chi connectivity index (χ4v) is 5.09. The fraction of sp³-hybridized carbons (Fsp3) is 0.0588. The van der Waals surface area contributed by atoms with Gasteiger partial charge in [0.1, 0.15) is 15.5 Å². The minimum Gasteiger partial charge on any atom is -0.505 e. The lowest BCUT2D eigenvalue weighted by Crippen LogP contribution is -2.04. The van der Waals surface area contributed by atoms with Crippen LogP contribution in [0.5, 0.6) is 5.75 Å². The van der Waals surface area contributed by atoms with Crippen LogP contribution < -0.4 is 5.73 Å². The predicted molar refractivity (Wildman–Crippen MR) is 115 cm³/mol. The molecule has 0 heterocycles. The van der Waals surface area contributed by atoms with Gasteiger partial charge in [-0.1, -0.05) is 6.07 Å². The topological polar surface area (TPSA) is 234 Å². The lowest BCUT2D eigenvalue weighted by Gasteiger charge is -2.12. The Morgan fingerprint density at radius 3 is 1.88 bits per heavy atom. The van der Waals surface area contributed by atoms with Crippen molar-refractivity contribution in [3.63, 3.8) is 0 Å². The van der Waals surface area contributed by atoms with Gasteiger partial charge in [0, 0.05) is 11.1 Å². The number of fused-ring (bicyclic) bond motifs is 1. The number of nitrogens with zero attached hydrogens (tertiary/aromatic N) is 2. The van der Waals surface area contributed by atoms with Crippen LogP contribution in [0.1, 0.15) is 5.56 Å². The fourth-order valence-electron chi connectivity index (χ4n) is 3.01. The second-order valence-electron chi connectivity index (χ2n) is 6.72. The average molecular weight is 518 g/mol. The van der Waals surface area contributed by atoms with Gasteiger partial charge < -0.3 is 10.8 Å². The Hall–Kier alpha value is -3.15. The summed E-state index contributed by atoms with van der Waals surface area (Å²) in [5.41, 5.74) is 4.69. The normalized spacial score (nSPS) is 13.1. The molecule has 0 atom stereocenters. The summed E-state index contributed by atoms with van der Waals surface area (Å²) in [5, 5.41) is 16.9. The van der Waals surface area contributed by atoms with Crippen molar-refractivity contribution >= 4 is 58.2 Å². The molecule has 3 rings (SSSR count). The van der Waals surface area contributed by atoms with Crippen molar-refractivity contribution in [2.45, 2.75) is 21.6 Å². The summed E-state index contributed by atoms with van der Waals surface area (Å²) >= 11 is 0. The second-order valence-corrected chi connectivity index (χ2v) is 10.9. The molecule has 0 aromatic heterocycles. The van der Waals surface area contributed by atoms with Crippen LogP contribution in [0.2, 0.25) is 0 Å². The summed E-state index contributed by atoms with van der Waals surface area (Å²) in [6, 6.07) is 5.98. The Morgan fingerprint density at radius 2 is 1.33 bits per heavy atom. The minimum absolute atomic E-state index is 0.175. The van der Waals surface area contributed by atoms with Gasteiger partial charge in [0.25, 0.3) is 30.4 Å². The number of aryl methyl sites for hydroxylation is 1. The third-order valence-electron chi connectivity index (χ3n) is 4.48. The third kappa shape index (κ3) is 4.80. The molecule has 33 heavy (non-hydrogen) atoms. The van der Waals surface area contributed by atoms with Crippen molar-refractivity contribution in [1.82, 2.24) is 0 Å². The van der Waals surface area contributed by atoms with E-state index in [1.807, 2.05) is 0 Å². The van der Waals surface area contributed by atoms with Gasteiger partial charge in [0.2, 0.25) is 0 Å². The van der Waals surface area contributed by atoms with Gasteiger partial charge in [-0.25, -0.2) is 0 Å². The first-order valence-electron chi connectivity index (χ1n) is 8.55. The zero-order valence-electron chi connectivity index (χ0n) is 16.4. The van der Waals surface area contributed by atoms with E-state index < -0.39 is 67.3 Å². The summed E-state index contributed by atoms with van der Waals surface area (Å²) in [6.07, 6.45) is 0. The summed E-state index contributed by atoms with van der Waals surface area (Å²) in [5.74, 6) is -0.992. The molecular weight excluding hydrogens is 502 g/mol. The van der Waals surface area contributed by atoms with Crippen LogP contribution in [0.25, 0.3) is 10.8 Å². The number of aromatic hydroxyl groups is 1. The van der Waals surface area contributed by atoms with E-state index in [1.54, 1.807) is 0 Å². The minimum atomic E-state index is -5.13. The number of hydrogen-bond donors (Lipinski definition) is 5. The molecule has 0 saturated carbocycles. The number of hydrogen-bond acceptors (Lipinski definition) is 10. The quantitative estimate of drug-likeness (QED) is 0.187. The number of nitrogens with two attached hydrogens (primary N) is 1. The Bertz CT molecular complexity index is 1660. The van der Waals surface area contributed by atoms with E-state index in [-0.39, 0.29) is 16.9 Å². The summed E-state index contributed by atoms with van der Waals surface area (Å²) in [7, 11) is -14.6. The van der Waals surface area contributed by atoms with Gasteiger partial charge in [-0.2, -0.15) is 30.4 Å². The molecule has 0 unspecified atom stereocenters. The Morgan fingerprint density at radius 1 is 0.758 bits per heavy atom. The first kappa shape index (κ1) is 24.5. The maximum atomic E-state index is 11.9. The van der Waals surface area contributed by atoms with Crippen molar-refractivity contribution in [2.24, 2.45) is 10.2 Å². The van der Waals surface area contributed by atoms with Crippen LogP contribution in [0.4, 0.5) is 17.1 Å². The molecule has 0 spiro atoms. The molecule has 0 aliphatic rings.